The summed E-state index contributed by atoms with van der Waals surface area (Å²) in [5.41, 5.74) is 1.53. The predicted molar refractivity (Wildman–Crippen MR) is 76.4 cm³/mol. The molecule has 0 unspecified atom stereocenters. The molecule has 0 aliphatic heterocycles. The molecule has 2 heterocycles. The van der Waals surface area contributed by atoms with Crippen LogP contribution in [0.2, 0.25) is 0 Å². The third-order valence-electron chi connectivity index (χ3n) is 2.45. The number of anilines is 1. The molecule has 0 atom stereocenters. The van der Waals surface area contributed by atoms with Crippen LogP contribution in [0.3, 0.4) is 0 Å². The lowest BCUT2D eigenvalue weighted by Crippen LogP contribution is -2.22. The van der Waals surface area contributed by atoms with Crippen LogP contribution < -0.4 is 10.6 Å². The van der Waals surface area contributed by atoms with Gasteiger partial charge in [-0.25, -0.2) is 9.97 Å². The molecule has 0 bridgehead atoms. The SMILES string of the molecule is CCNc1ccc(C(=O)NCc2nc(C)cs2)cn1. The number of nitrogens with one attached hydrogen (secondary N) is 2. The Kier molecular flexibility index (Phi) is 4.46. The van der Waals surface area contributed by atoms with Crippen molar-refractivity contribution in [2.75, 3.05) is 11.9 Å². The van der Waals surface area contributed by atoms with Gasteiger partial charge in [0, 0.05) is 23.8 Å². The summed E-state index contributed by atoms with van der Waals surface area (Å²) in [4.78, 5) is 20.4. The maximum absolute atomic E-state index is 11.9. The first-order valence-corrected chi connectivity index (χ1v) is 6.96. The van der Waals surface area contributed by atoms with Crippen LogP contribution >= 0.6 is 11.3 Å². The molecule has 0 radical (unpaired) electrons. The van der Waals surface area contributed by atoms with Gasteiger partial charge in [-0.2, -0.15) is 0 Å². The first-order valence-electron chi connectivity index (χ1n) is 6.08. The van der Waals surface area contributed by atoms with Gasteiger partial charge in [0.1, 0.15) is 10.8 Å². The van der Waals surface area contributed by atoms with Crippen LogP contribution in [0.4, 0.5) is 5.82 Å². The lowest BCUT2D eigenvalue weighted by molar-refractivity contribution is 0.0950. The minimum atomic E-state index is -0.136. The minimum absolute atomic E-state index is 0.136. The van der Waals surface area contributed by atoms with Gasteiger partial charge in [0.25, 0.3) is 5.91 Å². The molecule has 0 aliphatic carbocycles. The first-order chi connectivity index (χ1) is 9.19. The second-order valence-electron chi connectivity index (χ2n) is 4.03. The molecule has 2 N–H and O–H groups in total. The fourth-order valence-corrected chi connectivity index (χ4v) is 2.27. The van der Waals surface area contributed by atoms with Gasteiger partial charge in [0.15, 0.2) is 0 Å². The van der Waals surface area contributed by atoms with Crippen LogP contribution in [0.5, 0.6) is 0 Å². The van der Waals surface area contributed by atoms with Crippen LogP contribution in [0.25, 0.3) is 0 Å². The van der Waals surface area contributed by atoms with Crippen molar-refractivity contribution in [2.45, 2.75) is 20.4 Å². The van der Waals surface area contributed by atoms with Gasteiger partial charge in [0.2, 0.25) is 0 Å². The first kappa shape index (κ1) is 13.5. The molecule has 19 heavy (non-hydrogen) atoms. The number of hydrogen-bond acceptors (Lipinski definition) is 5. The zero-order valence-corrected chi connectivity index (χ0v) is 11.8. The van der Waals surface area contributed by atoms with E-state index >= 15 is 0 Å². The number of carbonyl (C=O) groups excluding carboxylic acids is 1. The van der Waals surface area contributed by atoms with E-state index in [0.29, 0.717) is 12.1 Å². The Morgan fingerprint density at radius 2 is 2.26 bits per heavy atom. The molecule has 0 saturated heterocycles. The fraction of sp³-hybridized carbons (Fsp3) is 0.308. The zero-order chi connectivity index (χ0) is 13.7. The van der Waals surface area contributed by atoms with Crippen LogP contribution in [-0.2, 0) is 6.54 Å². The van der Waals surface area contributed by atoms with E-state index in [2.05, 4.69) is 20.6 Å². The third kappa shape index (κ3) is 3.75. The highest BCUT2D eigenvalue weighted by atomic mass is 32.1. The van der Waals surface area contributed by atoms with Gasteiger partial charge in [-0.1, -0.05) is 0 Å². The topological polar surface area (TPSA) is 66.9 Å². The molecular weight excluding hydrogens is 260 g/mol. The standard InChI is InChI=1S/C13H16N4OS/c1-3-14-11-5-4-10(6-15-11)13(18)16-7-12-17-9(2)8-19-12/h4-6,8H,3,7H2,1-2H3,(H,14,15)(H,16,18). The van der Waals surface area contributed by atoms with Crippen molar-refractivity contribution in [1.29, 1.82) is 0 Å². The molecule has 0 aliphatic rings. The molecule has 0 saturated carbocycles. The lowest BCUT2D eigenvalue weighted by Gasteiger charge is -2.05. The van der Waals surface area contributed by atoms with Gasteiger partial charge >= 0.3 is 0 Å². The number of carbonyl (C=O) groups is 1. The zero-order valence-electron chi connectivity index (χ0n) is 10.9. The number of nitrogens with zero attached hydrogens (tertiary/aromatic N) is 2. The second-order valence-corrected chi connectivity index (χ2v) is 4.97. The number of pyridine rings is 1. The molecule has 2 aromatic heterocycles. The Morgan fingerprint density at radius 3 is 2.84 bits per heavy atom. The summed E-state index contributed by atoms with van der Waals surface area (Å²) >= 11 is 1.54. The monoisotopic (exact) mass is 276 g/mol. The number of thiazole rings is 1. The molecule has 2 rings (SSSR count). The maximum Gasteiger partial charge on any atom is 0.253 e. The molecular formula is C13H16N4OS. The Labute approximate surface area is 116 Å². The normalized spacial score (nSPS) is 10.2. The average Bonchev–Trinajstić information content (AvgIpc) is 2.83. The van der Waals surface area contributed by atoms with Crippen molar-refractivity contribution in [3.8, 4) is 0 Å². The number of hydrogen-bond donors (Lipinski definition) is 2. The van der Waals surface area contributed by atoms with E-state index in [1.54, 1.807) is 29.7 Å². The highest BCUT2D eigenvalue weighted by Crippen LogP contribution is 2.09. The van der Waals surface area contributed by atoms with E-state index in [1.807, 2.05) is 19.2 Å². The molecule has 6 heteroatoms. The molecule has 100 valence electrons. The highest BCUT2D eigenvalue weighted by Gasteiger charge is 2.07. The van der Waals surface area contributed by atoms with E-state index in [1.165, 1.54) is 0 Å². The van der Waals surface area contributed by atoms with Crippen molar-refractivity contribution in [3.05, 3.63) is 40.0 Å². The summed E-state index contributed by atoms with van der Waals surface area (Å²) in [6.07, 6.45) is 1.57. The molecule has 0 aromatic carbocycles. The summed E-state index contributed by atoms with van der Waals surface area (Å²) in [7, 11) is 0. The summed E-state index contributed by atoms with van der Waals surface area (Å²) in [5, 5.41) is 8.78. The van der Waals surface area contributed by atoms with Crippen LogP contribution in [0.1, 0.15) is 28.0 Å². The van der Waals surface area contributed by atoms with E-state index in [9.17, 15) is 4.79 Å². The number of aryl methyl sites for hydroxylation is 1. The molecule has 0 fully saturated rings. The van der Waals surface area contributed by atoms with Crippen molar-refractivity contribution >= 4 is 23.1 Å². The number of aromatic nitrogens is 2. The summed E-state index contributed by atoms with van der Waals surface area (Å²) in [5.74, 6) is 0.637. The Morgan fingerprint density at radius 1 is 1.42 bits per heavy atom. The second kappa shape index (κ2) is 6.29. The lowest BCUT2D eigenvalue weighted by atomic mass is 10.2. The summed E-state index contributed by atoms with van der Waals surface area (Å²) < 4.78 is 0. The Hall–Kier alpha value is -1.95. The van der Waals surface area contributed by atoms with Crippen molar-refractivity contribution in [2.24, 2.45) is 0 Å². The Balaban J connectivity index is 1.92. The van der Waals surface area contributed by atoms with Crippen molar-refractivity contribution < 1.29 is 4.79 Å². The summed E-state index contributed by atoms with van der Waals surface area (Å²) in [6.45, 7) is 5.19. The van der Waals surface area contributed by atoms with Gasteiger partial charge < -0.3 is 10.6 Å². The van der Waals surface area contributed by atoms with Crippen LogP contribution in [-0.4, -0.2) is 22.4 Å². The predicted octanol–water partition coefficient (Wildman–Crippen LogP) is 2.21. The number of amides is 1. The smallest absolute Gasteiger partial charge is 0.253 e. The van der Waals surface area contributed by atoms with E-state index < -0.39 is 0 Å². The highest BCUT2D eigenvalue weighted by molar-refractivity contribution is 7.09. The van der Waals surface area contributed by atoms with Crippen LogP contribution in [0.15, 0.2) is 23.7 Å². The number of rotatable bonds is 5. The minimum Gasteiger partial charge on any atom is -0.370 e. The van der Waals surface area contributed by atoms with Gasteiger partial charge in [-0.15, -0.1) is 11.3 Å². The van der Waals surface area contributed by atoms with Crippen molar-refractivity contribution in [1.82, 2.24) is 15.3 Å². The molecule has 1 amide bonds. The summed E-state index contributed by atoms with van der Waals surface area (Å²) in [6, 6.07) is 3.55. The van der Waals surface area contributed by atoms with Gasteiger partial charge in [-0.05, 0) is 26.0 Å². The van der Waals surface area contributed by atoms with E-state index in [4.69, 9.17) is 0 Å². The molecule has 0 spiro atoms. The van der Waals surface area contributed by atoms with Gasteiger partial charge in [0.05, 0.1) is 12.1 Å². The Bertz CT molecular complexity index is 550. The average molecular weight is 276 g/mol. The van der Waals surface area contributed by atoms with E-state index in [0.717, 1.165) is 23.1 Å². The molecule has 2 aromatic rings. The van der Waals surface area contributed by atoms with Crippen LogP contribution in [0, 0.1) is 6.92 Å². The quantitative estimate of drug-likeness (QED) is 0.878. The maximum atomic E-state index is 11.9. The largest absolute Gasteiger partial charge is 0.370 e. The van der Waals surface area contributed by atoms with Crippen molar-refractivity contribution in [3.63, 3.8) is 0 Å². The molecule has 5 nitrogen and oxygen atoms in total. The fourth-order valence-electron chi connectivity index (χ4n) is 1.56. The van der Waals surface area contributed by atoms with Gasteiger partial charge in [-0.3, -0.25) is 4.79 Å². The van der Waals surface area contributed by atoms with E-state index in [-0.39, 0.29) is 5.91 Å². The third-order valence-corrected chi connectivity index (χ3v) is 3.42.